The molecule has 0 spiro atoms. The van der Waals surface area contributed by atoms with Crippen LogP contribution in [0.2, 0.25) is 0 Å². The lowest BCUT2D eigenvalue weighted by atomic mass is 10.0. The fraction of sp³-hybridized carbons (Fsp3) is 0.929. The lowest BCUT2D eigenvalue weighted by Gasteiger charge is -2.29. The van der Waals surface area contributed by atoms with Gasteiger partial charge < -0.3 is 16.0 Å². The molecule has 106 valence electrons. The number of nitrogens with one attached hydrogen (secondary N) is 1. The summed E-state index contributed by atoms with van der Waals surface area (Å²) in [7, 11) is 0. The van der Waals surface area contributed by atoms with Crippen LogP contribution in [0, 0.1) is 5.92 Å². The zero-order valence-electron chi connectivity index (χ0n) is 12.2. The zero-order chi connectivity index (χ0) is 13.6. The minimum atomic E-state index is -0.416. The lowest BCUT2D eigenvalue weighted by Crippen LogP contribution is -2.42. The molecule has 1 atom stereocenters. The minimum Gasteiger partial charge on any atom is -0.356 e. The summed E-state index contributed by atoms with van der Waals surface area (Å²) in [6, 6.07) is 0. The van der Waals surface area contributed by atoms with Crippen LogP contribution in [-0.4, -0.2) is 42.5 Å². The van der Waals surface area contributed by atoms with E-state index in [0.717, 1.165) is 13.1 Å². The molecule has 1 fully saturated rings. The summed E-state index contributed by atoms with van der Waals surface area (Å²) in [6.07, 6.45) is 4.40. The summed E-state index contributed by atoms with van der Waals surface area (Å²) in [5.74, 6) is 0.570. The highest BCUT2D eigenvalue weighted by Crippen LogP contribution is 2.10. The van der Waals surface area contributed by atoms with Crippen LogP contribution in [-0.2, 0) is 4.79 Å². The van der Waals surface area contributed by atoms with Crippen LogP contribution in [0.4, 0.5) is 0 Å². The normalized spacial score (nSPS) is 19.6. The fourth-order valence-corrected chi connectivity index (χ4v) is 2.41. The maximum absolute atomic E-state index is 11.7. The third-order valence-electron chi connectivity index (χ3n) is 3.28. The van der Waals surface area contributed by atoms with Gasteiger partial charge in [-0.25, -0.2) is 0 Å². The van der Waals surface area contributed by atoms with E-state index in [9.17, 15) is 4.79 Å². The van der Waals surface area contributed by atoms with E-state index in [2.05, 4.69) is 17.1 Å². The Morgan fingerprint density at radius 2 is 1.94 bits per heavy atom. The summed E-state index contributed by atoms with van der Waals surface area (Å²) in [6.45, 7) is 10.2. The molecule has 1 aliphatic heterocycles. The monoisotopic (exact) mass is 255 g/mol. The summed E-state index contributed by atoms with van der Waals surface area (Å²) < 4.78 is 0. The van der Waals surface area contributed by atoms with E-state index in [1.54, 1.807) is 0 Å². The van der Waals surface area contributed by atoms with Gasteiger partial charge in [0.15, 0.2) is 0 Å². The Labute approximate surface area is 111 Å². The van der Waals surface area contributed by atoms with Crippen LogP contribution >= 0.6 is 0 Å². The largest absolute Gasteiger partial charge is 0.356 e. The van der Waals surface area contributed by atoms with Crippen molar-refractivity contribution in [3.63, 3.8) is 0 Å². The third kappa shape index (κ3) is 6.97. The predicted molar refractivity (Wildman–Crippen MR) is 75.3 cm³/mol. The van der Waals surface area contributed by atoms with Crippen molar-refractivity contribution in [2.75, 3.05) is 26.2 Å². The Morgan fingerprint density at radius 3 is 2.50 bits per heavy atom. The van der Waals surface area contributed by atoms with Gasteiger partial charge in [-0.05, 0) is 45.7 Å². The van der Waals surface area contributed by atoms with Crippen molar-refractivity contribution in [2.45, 2.75) is 52.0 Å². The van der Waals surface area contributed by atoms with Crippen LogP contribution < -0.4 is 11.1 Å². The van der Waals surface area contributed by atoms with E-state index in [1.165, 1.54) is 32.4 Å². The number of hydrogen-bond donors (Lipinski definition) is 2. The zero-order valence-corrected chi connectivity index (χ0v) is 12.2. The van der Waals surface area contributed by atoms with Crippen molar-refractivity contribution in [1.29, 1.82) is 0 Å². The fourth-order valence-electron chi connectivity index (χ4n) is 2.41. The van der Waals surface area contributed by atoms with Gasteiger partial charge in [0.2, 0.25) is 5.91 Å². The number of hydrogen-bond acceptors (Lipinski definition) is 3. The third-order valence-corrected chi connectivity index (χ3v) is 3.28. The van der Waals surface area contributed by atoms with Crippen molar-refractivity contribution in [3.8, 4) is 0 Å². The number of carbonyl (C=O) groups excluding carboxylic acids is 1. The van der Waals surface area contributed by atoms with Gasteiger partial charge in [0.1, 0.15) is 0 Å². The quantitative estimate of drug-likeness (QED) is 0.753. The molecule has 1 heterocycles. The van der Waals surface area contributed by atoms with Gasteiger partial charge in [-0.1, -0.05) is 13.3 Å². The van der Waals surface area contributed by atoms with E-state index in [-0.39, 0.29) is 5.91 Å². The van der Waals surface area contributed by atoms with Crippen molar-refractivity contribution in [3.05, 3.63) is 0 Å². The van der Waals surface area contributed by atoms with Gasteiger partial charge in [-0.3, -0.25) is 4.79 Å². The average Bonchev–Trinajstić information content (AvgIpc) is 2.25. The molecule has 1 rings (SSSR count). The molecular formula is C14H29N3O. The maximum Gasteiger partial charge on any atom is 0.221 e. The first kappa shape index (κ1) is 15.4. The van der Waals surface area contributed by atoms with E-state index >= 15 is 0 Å². The van der Waals surface area contributed by atoms with Crippen molar-refractivity contribution < 1.29 is 4.79 Å². The summed E-state index contributed by atoms with van der Waals surface area (Å²) in [5.41, 5.74) is 5.41. The lowest BCUT2D eigenvalue weighted by molar-refractivity contribution is -0.122. The second kappa shape index (κ2) is 7.10. The van der Waals surface area contributed by atoms with E-state index < -0.39 is 5.54 Å². The Bertz CT molecular complexity index is 254. The number of nitrogens with zero attached hydrogens (tertiary/aromatic N) is 1. The molecular weight excluding hydrogens is 226 g/mol. The molecule has 0 aromatic carbocycles. The summed E-state index contributed by atoms with van der Waals surface area (Å²) in [5, 5.41) is 2.98. The van der Waals surface area contributed by atoms with Gasteiger partial charge >= 0.3 is 0 Å². The van der Waals surface area contributed by atoms with Crippen LogP contribution in [0.15, 0.2) is 0 Å². The predicted octanol–water partition coefficient (Wildman–Crippen LogP) is 1.35. The molecule has 1 saturated heterocycles. The van der Waals surface area contributed by atoms with E-state index in [1.807, 2.05) is 13.8 Å². The molecule has 3 N–H and O–H groups in total. The molecule has 1 aliphatic rings. The Morgan fingerprint density at radius 1 is 1.33 bits per heavy atom. The molecule has 0 aromatic rings. The highest BCUT2D eigenvalue weighted by molar-refractivity contribution is 5.77. The molecule has 1 amide bonds. The number of nitrogens with two attached hydrogens (primary N) is 1. The molecule has 0 saturated carbocycles. The van der Waals surface area contributed by atoms with Gasteiger partial charge in [-0.15, -0.1) is 0 Å². The highest BCUT2D eigenvalue weighted by atomic mass is 16.1. The van der Waals surface area contributed by atoms with Gasteiger partial charge in [0, 0.05) is 25.0 Å². The summed E-state index contributed by atoms with van der Waals surface area (Å²) in [4.78, 5) is 14.2. The molecule has 0 aromatic heterocycles. The molecule has 0 radical (unpaired) electrons. The minimum absolute atomic E-state index is 0.0630. The van der Waals surface area contributed by atoms with Gasteiger partial charge in [0.25, 0.3) is 0 Å². The number of rotatable bonds is 6. The number of carbonyl (C=O) groups is 1. The van der Waals surface area contributed by atoms with Crippen LogP contribution in [0.1, 0.15) is 46.5 Å². The first-order valence-corrected chi connectivity index (χ1v) is 7.15. The van der Waals surface area contributed by atoms with E-state index in [4.69, 9.17) is 5.73 Å². The Balaban J connectivity index is 2.16. The Kier molecular flexibility index (Phi) is 6.09. The maximum atomic E-state index is 11.7. The standard InChI is InChI=1S/C14H29N3O/c1-12(11-17-7-5-4-6-8-17)10-16-13(18)9-14(2,3)15/h12H,4-11,15H2,1-3H3,(H,16,18). The van der Waals surface area contributed by atoms with Crippen molar-refractivity contribution >= 4 is 5.91 Å². The van der Waals surface area contributed by atoms with Crippen molar-refractivity contribution in [2.24, 2.45) is 11.7 Å². The summed E-state index contributed by atoms with van der Waals surface area (Å²) >= 11 is 0. The van der Waals surface area contributed by atoms with E-state index in [0.29, 0.717) is 12.3 Å². The number of likely N-dealkylation sites (tertiary alicyclic amines) is 1. The van der Waals surface area contributed by atoms with Crippen molar-refractivity contribution in [1.82, 2.24) is 10.2 Å². The topological polar surface area (TPSA) is 58.4 Å². The average molecular weight is 255 g/mol. The van der Waals surface area contributed by atoms with Crippen LogP contribution in [0.3, 0.4) is 0 Å². The van der Waals surface area contributed by atoms with Gasteiger partial charge in [-0.2, -0.15) is 0 Å². The SMILES string of the molecule is CC(CNC(=O)CC(C)(C)N)CN1CCCCC1. The second-order valence-electron chi connectivity index (χ2n) is 6.44. The molecule has 18 heavy (non-hydrogen) atoms. The molecule has 0 bridgehead atoms. The first-order chi connectivity index (χ1) is 8.37. The first-order valence-electron chi connectivity index (χ1n) is 7.15. The smallest absolute Gasteiger partial charge is 0.221 e. The molecule has 4 heteroatoms. The van der Waals surface area contributed by atoms with Crippen LogP contribution in [0.25, 0.3) is 0 Å². The molecule has 4 nitrogen and oxygen atoms in total. The number of amides is 1. The number of piperidine rings is 1. The Hall–Kier alpha value is -0.610. The van der Waals surface area contributed by atoms with Gasteiger partial charge in [0.05, 0.1) is 0 Å². The molecule has 0 aliphatic carbocycles. The van der Waals surface area contributed by atoms with Crippen LogP contribution in [0.5, 0.6) is 0 Å². The highest BCUT2D eigenvalue weighted by Gasteiger charge is 2.17. The molecule has 1 unspecified atom stereocenters. The second-order valence-corrected chi connectivity index (χ2v) is 6.44.